The van der Waals surface area contributed by atoms with E-state index in [1.165, 1.54) is 35.1 Å². The average molecular weight is 551 g/mol. The van der Waals surface area contributed by atoms with Crippen LogP contribution in [0.4, 0.5) is 5.69 Å². The molecule has 15 heteroatoms. The highest BCUT2D eigenvalue weighted by Crippen LogP contribution is 2.40. The lowest BCUT2D eigenvalue weighted by molar-refractivity contribution is -0.456. The summed E-state index contributed by atoms with van der Waals surface area (Å²) in [6.07, 6.45) is -4.03. The second-order valence-corrected chi connectivity index (χ2v) is 9.22. The van der Waals surface area contributed by atoms with Crippen molar-refractivity contribution < 1.29 is 69.3 Å². The summed E-state index contributed by atoms with van der Waals surface area (Å²) in [6.45, 7) is -0.687. The van der Waals surface area contributed by atoms with Gasteiger partial charge in [0.2, 0.25) is 12.0 Å². The van der Waals surface area contributed by atoms with Crippen LogP contribution in [0.25, 0.3) is 0 Å². The number of nitrogens with one attached hydrogen (secondary N) is 1. The molecule has 1 saturated heterocycles. The van der Waals surface area contributed by atoms with Crippen LogP contribution in [0.3, 0.4) is 0 Å². The molecule has 4 rings (SSSR count). The molecule has 0 amide bonds. The van der Waals surface area contributed by atoms with E-state index in [0.717, 1.165) is 0 Å². The summed E-state index contributed by atoms with van der Waals surface area (Å²) >= 11 is 0. The fraction of sp³-hybridized carbons (Fsp3) is 0.417. The number of benzene rings is 1. The van der Waals surface area contributed by atoms with Gasteiger partial charge >= 0.3 is 17.9 Å². The van der Waals surface area contributed by atoms with Crippen molar-refractivity contribution in [3.8, 4) is 11.5 Å². The van der Waals surface area contributed by atoms with Gasteiger partial charge in [-0.2, -0.15) is 4.58 Å². The summed E-state index contributed by atoms with van der Waals surface area (Å²) in [5, 5.41) is 80.9. The molecule has 3 aliphatic heterocycles. The molecule has 0 saturated carbocycles. The van der Waals surface area contributed by atoms with Crippen LogP contribution in [0.1, 0.15) is 12.0 Å². The zero-order chi connectivity index (χ0) is 28.6. The number of hydrogen-bond donors (Lipinski definition) is 9. The van der Waals surface area contributed by atoms with E-state index < -0.39 is 73.1 Å². The van der Waals surface area contributed by atoms with Gasteiger partial charge in [-0.1, -0.05) is 0 Å². The predicted molar refractivity (Wildman–Crippen MR) is 127 cm³/mol. The first kappa shape index (κ1) is 28.0. The molecule has 0 bridgehead atoms. The lowest BCUT2D eigenvalue weighted by Crippen LogP contribution is -2.60. The first-order valence-electron chi connectivity index (χ1n) is 11.7. The number of carboxylic acid groups (broad SMARTS) is 3. The first-order chi connectivity index (χ1) is 18.4. The fourth-order valence-corrected chi connectivity index (χ4v) is 4.58. The number of aliphatic hydroxyl groups excluding tert-OH is 4. The molecule has 15 nitrogen and oxygen atoms in total. The molecule has 9 N–H and O–H groups in total. The Morgan fingerprint density at radius 1 is 1.05 bits per heavy atom. The second-order valence-electron chi connectivity index (χ2n) is 9.22. The molecule has 0 spiro atoms. The van der Waals surface area contributed by atoms with Crippen molar-refractivity contribution in [2.75, 3.05) is 6.61 Å². The number of aliphatic carboxylic acids is 3. The Balaban J connectivity index is 1.66. The van der Waals surface area contributed by atoms with Crippen LogP contribution in [-0.4, -0.2) is 119 Å². The van der Waals surface area contributed by atoms with Gasteiger partial charge in [0.25, 0.3) is 6.04 Å². The zero-order valence-electron chi connectivity index (χ0n) is 20.1. The SMILES string of the molecule is O=C(O)C1=C/C(=C\C=[N+]2c3cc(O)c(O[C@H]4O[C@@H](CO)[C@@H](O)[C@@H](O)[C@H]4O)cc3C[C@H]2C(=O)O)C[C@H](C(=O)O)N1. The van der Waals surface area contributed by atoms with Crippen molar-refractivity contribution in [2.45, 2.75) is 55.6 Å². The lowest BCUT2D eigenvalue weighted by atomic mass is 9.99. The van der Waals surface area contributed by atoms with Crippen molar-refractivity contribution in [3.63, 3.8) is 0 Å². The van der Waals surface area contributed by atoms with E-state index >= 15 is 0 Å². The van der Waals surface area contributed by atoms with Gasteiger partial charge in [0.1, 0.15) is 36.2 Å². The van der Waals surface area contributed by atoms with Gasteiger partial charge in [0, 0.05) is 18.1 Å². The van der Waals surface area contributed by atoms with Crippen LogP contribution in [0, 0.1) is 0 Å². The summed E-state index contributed by atoms with van der Waals surface area (Å²) in [6, 6.07) is 0.177. The van der Waals surface area contributed by atoms with Crippen LogP contribution >= 0.6 is 0 Å². The summed E-state index contributed by atoms with van der Waals surface area (Å²) < 4.78 is 12.1. The average Bonchev–Trinajstić information content (AvgIpc) is 3.24. The third-order valence-electron chi connectivity index (χ3n) is 6.64. The van der Waals surface area contributed by atoms with Crippen LogP contribution < -0.4 is 10.1 Å². The number of allylic oxidation sites excluding steroid dienone is 2. The van der Waals surface area contributed by atoms with Gasteiger partial charge in [-0.25, -0.2) is 14.4 Å². The largest absolute Gasteiger partial charge is 0.504 e. The number of phenols is 1. The zero-order valence-corrected chi connectivity index (χ0v) is 20.1. The summed E-state index contributed by atoms with van der Waals surface area (Å²) in [5.41, 5.74) is 0.648. The summed E-state index contributed by atoms with van der Waals surface area (Å²) in [4.78, 5) is 34.8. The highest BCUT2D eigenvalue weighted by molar-refractivity contribution is 5.89. The standard InChI is InChI=1S/C24H26N2O13/c27-8-17-18(29)19(30)20(31)24(39-17)38-16-6-10-5-14(23(36)37)26(13(10)7-15(16)28)2-1-9-3-11(21(32)33)25-12(4-9)22(34)35/h1-3,6-7,12,14,17-20,24,27,29-31H,4-5,8H2,(H4,28,32,33,34,35,36,37)/p+1/t12-,14+,17+,18-,19-,20-,24+/m1/s1. The van der Waals surface area contributed by atoms with Gasteiger partial charge in [-0.3, -0.25) is 0 Å². The van der Waals surface area contributed by atoms with Gasteiger partial charge in [0.15, 0.2) is 17.7 Å². The minimum Gasteiger partial charge on any atom is -0.504 e. The van der Waals surface area contributed by atoms with E-state index in [2.05, 4.69) is 5.32 Å². The third kappa shape index (κ3) is 5.57. The molecule has 210 valence electrons. The number of hydrogen-bond acceptors (Lipinski definition) is 11. The number of aromatic hydroxyl groups is 1. The van der Waals surface area contributed by atoms with Crippen molar-refractivity contribution in [1.29, 1.82) is 0 Å². The quantitative estimate of drug-likeness (QED) is 0.161. The fourth-order valence-electron chi connectivity index (χ4n) is 4.58. The van der Waals surface area contributed by atoms with Gasteiger partial charge in [-0.15, -0.1) is 0 Å². The minimum atomic E-state index is -1.73. The Bertz CT molecular complexity index is 1270. The first-order valence-corrected chi connectivity index (χ1v) is 11.7. The molecule has 1 aromatic carbocycles. The minimum absolute atomic E-state index is 0.0504. The van der Waals surface area contributed by atoms with Crippen molar-refractivity contribution in [1.82, 2.24) is 5.32 Å². The number of carbonyl (C=O) groups is 3. The Labute approximate surface area is 219 Å². The smallest absolute Gasteiger partial charge is 0.373 e. The van der Waals surface area contributed by atoms with E-state index in [1.807, 2.05) is 0 Å². The number of fused-ring (bicyclic) bond motifs is 1. The molecule has 1 fully saturated rings. The molecular formula is C24H27N2O13+. The van der Waals surface area contributed by atoms with Crippen LogP contribution in [0.2, 0.25) is 0 Å². The number of rotatable bonds is 7. The number of carboxylic acids is 3. The van der Waals surface area contributed by atoms with Gasteiger partial charge < -0.3 is 55.6 Å². The van der Waals surface area contributed by atoms with E-state index in [1.54, 1.807) is 0 Å². The topological polar surface area (TPSA) is 247 Å². The van der Waals surface area contributed by atoms with Crippen molar-refractivity contribution in [2.24, 2.45) is 0 Å². The maximum atomic E-state index is 12.0. The molecule has 0 unspecified atom stereocenters. The lowest BCUT2D eigenvalue weighted by Gasteiger charge is -2.39. The van der Waals surface area contributed by atoms with Crippen molar-refractivity contribution in [3.05, 3.63) is 41.1 Å². The second kappa shape index (κ2) is 11.0. The number of phenolic OH excluding ortho intramolecular Hbond substituents is 1. The molecule has 3 aliphatic rings. The molecule has 0 radical (unpaired) electrons. The Morgan fingerprint density at radius 3 is 2.38 bits per heavy atom. The predicted octanol–water partition coefficient (Wildman–Crippen LogP) is -2.36. The van der Waals surface area contributed by atoms with Crippen LogP contribution in [-0.2, 0) is 25.5 Å². The summed E-state index contributed by atoms with van der Waals surface area (Å²) in [7, 11) is 0. The van der Waals surface area contributed by atoms with E-state index in [4.69, 9.17) is 9.47 Å². The molecule has 0 aromatic heterocycles. The number of ether oxygens (including phenoxy) is 2. The number of aliphatic hydroxyl groups is 4. The van der Waals surface area contributed by atoms with Crippen LogP contribution in [0.5, 0.6) is 11.5 Å². The molecule has 39 heavy (non-hydrogen) atoms. The Hall–Kier alpha value is -4.02. The highest BCUT2D eigenvalue weighted by Gasteiger charge is 2.46. The third-order valence-corrected chi connectivity index (χ3v) is 6.64. The maximum Gasteiger partial charge on any atom is 0.373 e. The Morgan fingerprint density at radius 2 is 1.77 bits per heavy atom. The van der Waals surface area contributed by atoms with E-state index in [9.17, 15) is 55.2 Å². The van der Waals surface area contributed by atoms with E-state index in [0.29, 0.717) is 11.1 Å². The Kier molecular flexibility index (Phi) is 7.89. The normalized spacial score (nSPS) is 32.3. The van der Waals surface area contributed by atoms with Gasteiger partial charge in [-0.05, 0) is 17.7 Å². The molecule has 3 heterocycles. The summed E-state index contributed by atoms with van der Waals surface area (Å²) in [5.74, 6) is -4.55. The molecule has 0 aliphatic carbocycles. The molecular weight excluding hydrogens is 524 g/mol. The van der Waals surface area contributed by atoms with E-state index in [-0.39, 0.29) is 30.0 Å². The molecule has 1 aromatic rings. The van der Waals surface area contributed by atoms with Gasteiger partial charge in [0.05, 0.1) is 19.1 Å². The monoisotopic (exact) mass is 551 g/mol. The van der Waals surface area contributed by atoms with Crippen LogP contribution in [0.15, 0.2) is 35.6 Å². The highest BCUT2D eigenvalue weighted by atomic mass is 16.7. The van der Waals surface area contributed by atoms with Crippen molar-refractivity contribution >= 4 is 29.8 Å². The number of nitrogens with zero attached hydrogens (tertiary/aromatic N) is 1. The maximum absolute atomic E-state index is 12.0. The molecule has 7 atom stereocenters.